The lowest BCUT2D eigenvalue weighted by Gasteiger charge is -2.20. The van der Waals surface area contributed by atoms with Gasteiger partial charge in [-0.25, -0.2) is 0 Å². The van der Waals surface area contributed by atoms with Crippen LogP contribution in [0.4, 0.5) is 0 Å². The highest BCUT2D eigenvalue weighted by atomic mass is 16.5. The lowest BCUT2D eigenvalue weighted by atomic mass is 10.1. The molecule has 5 heteroatoms. The second kappa shape index (κ2) is 11.0. The SMILES string of the molecule is CN=C(NCCCN1CCCCCC1)NCc1ccc(C)cc1OC. The number of guanidine groups is 1. The fourth-order valence-electron chi connectivity index (χ4n) is 3.27. The smallest absolute Gasteiger partial charge is 0.191 e. The van der Waals surface area contributed by atoms with Crippen LogP contribution in [0.1, 0.15) is 43.2 Å². The second-order valence-electron chi connectivity index (χ2n) is 6.78. The van der Waals surface area contributed by atoms with Crippen LogP contribution in [0, 0.1) is 6.92 Å². The van der Waals surface area contributed by atoms with E-state index in [9.17, 15) is 0 Å². The van der Waals surface area contributed by atoms with Gasteiger partial charge in [0.25, 0.3) is 0 Å². The van der Waals surface area contributed by atoms with Crippen LogP contribution in [0.3, 0.4) is 0 Å². The van der Waals surface area contributed by atoms with Crippen molar-refractivity contribution in [1.29, 1.82) is 0 Å². The third-order valence-corrected chi connectivity index (χ3v) is 4.75. The standard InChI is InChI=1S/C20H34N4O/c1-17-9-10-18(19(15-17)25-3)16-23-20(21-2)22-11-8-14-24-12-6-4-5-7-13-24/h9-10,15H,4-8,11-14,16H2,1-3H3,(H2,21,22,23). The Labute approximate surface area is 152 Å². The van der Waals surface area contributed by atoms with Gasteiger partial charge in [-0.1, -0.05) is 25.0 Å². The van der Waals surface area contributed by atoms with E-state index in [-0.39, 0.29) is 0 Å². The molecule has 1 aliphatic heterocycles. The van der Waals surface area contributed by atoms with Gasteiger partial charge in [0.15, 0.2) is 5.96 Å². The topological polar surface area (TPSA) is 48.9 Å². The Morgan fingerprint density at radius 3 is 2.60 bits per heavy atom. The highest BCUT2D eigenvalue weighted by Gasteiger charge is 2.08. The largest absolute Gasteiger partial charge is 0.496 e. The molecule has 1 aromatic carbocycles. The summed E-state index contributed by atoms with van der Waals surface area (Å²) >= 11 is 0. The number of aryl methyl sites for hydroxylation is 1. The predicted molar refractivity (Wildman–Crippen MR) is 105 cm³/mol. The summed E-state index contributed by atoms with van der Waals surface area (Å²) in [4.78, 5) is 6.91. The van der Waals surface area contributed by atoms with Gasteiger partial charge in [-0.05, 0) is 57.5 Å². The van der Waals surface area contributed by atoms with Crippen LogP contribution in [0.15, 0.2) is 23.2 Å². The Hall–Kier alpha value is -1.75. The molecule has 25 heavy (non-hydrogen) atoms. The number of nitrogens with zero attached hydrogens (tertiary/aromatic N) is 2. The summed E-state index contributed by atoms with van der Waals surface area (Å²) in [6, 6.07) is 6.28. The van der Waals surface area contributed by atoms with E-state index in [0.717, 1.165) is 30.2 Å². The summed E-state index contributed by atoms with van der Waals surface area (Å²) in [6.45, 7) is 7.43. The van der Waals surface area contributed by atoms with E-state index in [1.165, 1.54) is 50.9 Å². The maximum Gasteiger partial charge on any atom is 0.191 e. The quantitative estimate of drug-likeness (QED) is 0.453. The molecule has 2 N–H and O–H groups in total. The Morgan fingerprint density at radius 1 is 1.16 bits per heavy atom. The monoisotopic (exact) mass is 346 g/mol. The van der Waals surface area contributed by atoms with Crippen molar-refractivity contribution in [3.05, 3.63) is 29.3 Å². The van der Waals surface area contributed by atoms with Crippen molar-refractivity contribution in [2.75, 3.05) is 40.3 Å². The van der Waals surface area contributed by atoms with Gasteiger partial charge in [0, 0.05) is 25.7 Å². The molecule has 1 heterocycles. The fourth-order valence-corrected chi connectivity index (χ4v) is 3.27. The van der Waals surface area contributed by atoms with Gasteiger partial charge < -0.3 is 20.3 Å². The summed E-state index contributed by atoms with van der Waals surface area (Å²) in [5.74, 6) is 1.77. The third-order valence-electron chi connectivity index (χ3n) is 4.75. The number of aliphatic imine (C=N–C) groups is 1. The highest BCUT2D eigenvalue weighted by Crippen LogP contribution is 2.19. The van der Waals surface area contributed by atoms with Gasteiger partial charge in [0.1, 0.15) is 5.75 Å². The van der Waals surface area contributed by atoms with Crippen LogP contribution >= 0.6 is 0 Å². The number of likely N-dealkylation sites (tertiary alicyclic amines) is 1. The molecule has 0 radical (unpaired) electrons. The van der Waals surface area contributed by atoms with Crippen molar-refractivity contribution in [3.8, 4) is 5.75 Å². The van der Waals surface area contributed by atoms with E-state index >= 15 is 0 Å². The molecule has 5 nitrogen and oxygen atoms in total. The molecule has 1 fully saturated rings. The normalized spacial score (nSPS) is 16.4. The van der Waals surface area contributed by atoms with Crippen LogP contribution < -0.4 is 15.4 Å². The van der Waals surface area contributed by atoms with Crippen molar-refractivity contribution in [1.82, 2.24) is 15.5 Å². The minimum atomic E-state index is 0.704. The molecule has 2 rings (SSSR count). The number of hydrogen-bond donors (Lipinski definition) is 2. The van der Waals surface area contributed by atoms with E-state index in [0.29, 0.717) is 6.54 Å². The maximum absolute atomic E-state index is 5.46. The molecule has 0 bridgehead atoms. The molecular formula is C20H34N4O. The van der Waals surface area contributed by atoms with Gasteiger partial charge in [-0.3, -0.25) is 4.99 Å². The van der Waals surface area contributed by atoms with Crippen LogP contribution in [-0.2, 0) is 6.54 Å². The molecule has 140 valence electrons. The first-order valence-electron chi connectivity index (χ1n) is 9.53. The molecule has 0 aliphatic carbocycles. The molecule has 1 saturated heterocycles. The molecule has 1 aromatic rings. The van der Waals surface area contributed by atoms with Crippen molar-refractivity contribution in [2.24, 2.45) is 4.99 Å². The summed E-state index contributed by atoms with van der Waals surface area (Å²) in [5, 5.41) is 6.79. The summed E-state index contributed by atoms with van der Waals surface area (Å²) in [6.07, 6.45) is 6.65. The zero-order valence-corrected chi connectivity index (χ0v) is 16.1. The van der Waals surface area contributed by atoms with Crippen molar-refractivity contribution in [3.63, 3.8) is 0 Å². The number of ether oxygens (including phenoxy) is 1. The number of benzene rings is 1. The molecular weight excluding hydrogens is 312 g/mol. The van der Waals surface area contributed by atoms with Gasteiger partial charge in [-0.15, -0.1) is 0 Å². The zero-order chi connectivity index (χ0) is 17.9. The van der Waals surface area contributed by atoms with E-state index in [2.05, 4.69) is 45.6 Å². The van der Waals surface area contributed by atoms with Crippen molar-refractivity contribution < 1.29 is 4.74 Å². The summed E-state index contributed by atoms with van der Waals surface area (Å²) in [7, 11) is 3.53. The van der Waals surface area contributed by atoms with Crippen LogP contribution in [0.2, 0.25) is 0 Å². The number of hydrogen-bond acceptors (Lipinski definition) is 3. The zero-order valence-electron chi connectivity index (χ0n) is 16.1. The Balaban J connectivity index is 1.70. The average molecular weight is 347 g/mol. The highest BCUT2D eigenvalue weighted by molar-refractivity contribution is 5.79. The van der Waals surface area contributed by atoms with Gasteiger partial charge >= 0.3 is 0 Å². The van der Waals surface area contributed by atoms with Crippen molar-refractivity contribution in [2.45, 2.75) is 45.6 Å². The number of methoxy groups -OCH3 is 1. The molecule has 0 atom stereocenters. The van der Waals surface area contributed by atoms with Gasteiger partial charge in [0.2, 0.25) is 0 Å². The Bertz CT molecular complexity index is 536. The van der Waals surface area contributed by atoms with Crippen molar-refractivity contribution >= 4 is 5.96 Å². The molecule has 1 aliphatic rings. The molecule has 0 amide bonds. The molecule has 0 aromatic heterocycles. The van der Waals surface area contributed by atoms with E-state index in [1.807, 2.05) is 7.05 Å². The lowest BCUT2D eigenvalue weighted by Crippen LogP contribution is -2.38. The first-order chi connectivity index (χ1) is 12.2. The van der Waals surface area contributed by atoms with Crippen LogP contribution in [-0.4, -0.2) is 51.2 Å². The van der Waals surface area contributed by atoms with E-state index in [1.54, 1.807) is 7.11 Å². The first-order valence-corrected chi connectivity index (χ1v) is 9.53. The Morgan fingerprint density at radius 2 is 1.92 bits per heavy atom. The van der Waals surface area contributed by atoms with Crippen LogP contribution in [0.5, 0.6) is 5.75 Å². The second-order valence-corrected chi connectivity index (χ2v) is 6.78. The average Bonchev–Trinajstić information content (AvgIpc) is 2.90. The summed E-state index contributed by atoms with van der Waals surface area (Å²) < 4.78 is 5.46. The third kappa shape index (κ3) is 6.94. The summed E-state index contributed by atoms with van der Waals surface area (Å²) in [5.41, 5.74) is 2.34. The minimum Gasteiger partial charge on any atom is -0.496 e. The molecule has 0 spiro atoms. The van der Waals surface area contributed by atoms with E-state index < -0.39 is 0 Å². The first kappa shape index (κ1) is 19.6. The fraction of sp³-hybridized carbons (Fsp3) is 0.650. The minimum absolute atomic E-state index is 0.704. The van der Waals surface area contributed by atoms with E-state index in [4.69, 9.17) is 4.74 Å². The van der Waals surface area contributed by atoms with Crippen LogP contribution in [0.25, 0.3) is 0 Å². The number of nitrogens with one attached hydrogen (secondary N) is 2. The Kier molecular flexibility index (Phi) is 8.60. The van der Waals surface area contributed by atoms with Gasteiger partial charge in [0.05, 0.1) is 7.11 Å². The maximum atomic E-state index is 5.46. The van der Waals surface area contributed by atoms with Gasteiger partial charge in [-0.2, -0.15) is 0 Å². The molecule has 0 saturated carbocycles. The predicted octanol–water partition coefficient (Wildman–Crippen LogP) is 2.93. The molecule has 0 unspecified atom stereocenters. The lowest BCUT2D eigenvalue weighted by molar-refractivity contribution is 0.282. The number of rotatable bonds is 7.